The normalized spacial score (nSPS) is 25.8. The molecule has 156 valence electrons. The highest BCUT2D eigenvalue weighted by molar-refractivity contribution is 6.05. The number of hydrogen-bond acceptors (Lipinski definition) is 4. The minimum absolute atomic E-state index is 0.0112. The molecule has 3 heterocycles. The van der Waals surface area contributed by atoms with Crippen LogP contribution in [-0.4, -0.2) is 49.6 Å². The van der Waals surface area contributed by atoms with Crippen molar-refractivity contribution in [1.29, 1.82) is 0 Å². The lowest BCUT2D eigenvalue weighted by Crippen LogP contribution is -2.36. The Morgan fingerprint density at radius 1 is 0.935 bits per heavy atom. The van der Waals surface area contributed by atoms with E-state index >= 15 is 0 Å². The van der Waals surface area contributed by atoms with E-state index in [-0.39, 0.29) is 11.9 Å². The third kappa shape index (κ3) is 3.01. The van der Waals surface area contributed by atoms with E-state index < -0.39 is 6.10 Å². The zero-order chi connectivity index (χ0) is 20.9. The average Bonchev–Trinajstić information content (AvgIpc) is 3.41. The van der Waals surface area contributed by atoms with Crippen LogP contribution >= 0.6 is 0 Å². The molecule has 2 aromatic heterocycles. The minimum atomic E-state index is -0.437. The lowest BCUT2D eigenvalue weighted by molar-refractivity contribution is 0.0374. The molecule has 2 aromatic carbocycles. The van der Waals surface area contributed by atoms with Crippen molar-refractivity contribution in [3.05, 3.63) is 72.7 Å². The van der Waals surface area contributed by atoms with Gasteiger partial charge in [0.25, 0.3) is 5.91 Å². The maximum absolute atomic E-state index is 13.4. The van der Waals surface area contributed by atoms with Crippen LogP contribution in [0.5, 0.6) is 0 Å². The van der Waals surface area contributed by atoms with Crippen molar-refractivity contribution in [2.75, 3.05) is 13.1 Å². The first kappa shape index (κ1) is 18.5. The van der Waals surface area contributed by atoms with Crippen molar-refractivity contribution in [1.82, 2.24) is 19.4 Å². The molecule has 1 amide bonds. The number of aromatic nitrogens is 3. The highest BCUT2D eigenvalue weighted by Gasteiger charge is 2.44. The summed E-state index contributed by atoms with van der Waals surface area (Å²) in [5.41, 5.74) is 3.42. The molecule has 0 bridgehead atoms. The predicted molar refractivity (Wildman–Crippen MR) is 119 cm³/mol. The van der Waals surface area contributed by atoms with Crippen LogP contribution < -0.4 is 0 Å². The number of hydrogen-bond donors (Lipinski definition) is 1. The third-order valence-electron chi connectivity index (χ3n) is 7.10. The van der Waals surface area contributed by atoms with Gasteiger partial charge in [0.2, 0.25) is 0 Å². The van der Waals surface area contributed by atoms with Crippen molar-refractivity contribution in [3.63, 3.8) is 0 Å². The summed E-state index contributed by atoms with van der Waals surface area (Å²) in [4.78, 5) is 24.3. The van der Waals surface area contributed by atoms with E-state index in [1.807, 2.05) is 59.8 Å². The van der Waals surface area contributed by atoms with Crippen molar-refractivity contribution >= 4 is 27.8 Å². The number of likely N-dealkylation sites (tertiary alicyclic amines) is 1. The molecule has 6 rings (SSSR count). The van der Waals surface area contributed by atoms with Crippen LogP contribution in [0.15, 0.2) is 67.1 Å². The van der Waals surface area contributed by atoms with Crippen LogP contribution in [-0.2, 0) is 0 Å². The number of amides is 1. The van der Waals surface area contributed by atoms with Gasteiger partial charge in [0.15, 0.2) is 0 Å². The molecule has 1 saturated heterocycles. The highest BCUT2D eigenvalue weighted by Crippen LogP contribution is 2.42. The van der Waals surface area contributed by atoms with Crippen LogP contribution in [0.1, 0.15) is 29.2 Å². The number of pyridine rings is 1. The van der Waals surface area contributed by atoms with Gasteiger partial charge < -0.3 is 14.6 Å². The summed E-state index contributed by atoms with van der Waals surface area (Å²) >= 11 is 0. The first-order chi connectivity index (χ1) is 15.2. The average molecular weight is 412 g/mol. The Morgan fingerprint density at radius 3 is 2.65 bits per heavy atom. The van der Waals surface area contributed by atoms with Crippen LogP contribution in [0.2, 0.25) is 0 Å². The number of fused-ring (bicyclic) bond motifs is 3. The molecule has 0 radical (unpaired) electrons. The second-order valence-corrected chi connectivity index (χ2v) is 8.86. The first-order valence-electron chi connectivity index (χ1n) is 10.9. The lowest BCUT2D eigenvalue weighted by atomic mass is 9.77. The number of rotatable bonds is 2. The summed E-state index contributed by atoms with van der Waals surface area (Å²) in [6.07, 6.45) is 4.70. The maximum Gasteiger partial charge on any atom is 0.256 e. The summed E-state index contributed by atoms with van der Waals surface area (Å²) in [7, 11) is 0. The van der Waals surface area contributed by atoms with E-state index in [9.17, 15) is 9.90 Å². The Balaban J connectivity index is 1.26. The molecule has 1 saturated carbocycles. The van der Waals surface area contributed by atoms with E-state index in [0.717, 1.165) is 34.9 Å². The number of benzene rings is 2. The Hall–Kier alpha value is -3.25. The number of carbonyl (C=O) groups excluding carboxylic acids is 1. The molecule has 4 aromatic rings. The fourth-order valence-electron chi connectivity index (χ4n) is 5.56. The number of imidazole rings is 1. The van der Waals surface area contributed by atoms with Gasteiger partial charge in [-0.05, 0) is 48.9 Å². The Morgan fingerprint density at radius 2 is 1.74 bits per heavy atom. The molecule has 2 aliphatic rings. The summed E-state index contributed by atoms with van der Waals surface area (Å²) in [6, 6.07) is 17.7. The minimum Gasteiger partial charge on any atom is -0.391 e. The van der Waals surface area contributed by atoms with Crippen LogP contribution in [0, 0.1) is 11.8 Å². The van der Waals surface area contributed by atoms with Gasteiger partial charge in [0, 0.05) is 24.7 Å². The lowest BCUT2D eigenvalue weighted by Gasteiger charge is -2.36. The molecular weight excluding hydrogens is 388 g/mol. The fraction of sp³-hybridized carbons (Fsp3) is 0.320. The van der Waals surface area contributed by atoms with Gasteiger partial charge in [0.05, 0.1) is 40.6 Å². The predicted octanol–water partition coefficient (Wildman–Crippen LogP) is 3.67. The Bertz CT molecular complexity index is 1280. The Labute approximate surface area is 180 Å². The fourth-order valence-corrected chi connectivity index (χ4v) is 5.56. The first-order valence-corrected chi connectivity index (χ1v) is 10.9. The van der Waals surface area contributed by atoms with E-state index in [1.165, 1.54) is 0 Å². The molecule has 6 heteroatoms. The molecular formula is C25H24N4O2. The topological polar surface area (TPSA) is 71.2 Å². The maximum atomic E-state index is 13.4. The zero-order valence-corrected chi connectivity index (χ0v) is 17.1. The molecule has 1 N–H and O–H groups in total. The molecule has 1 aliphatic heterocycles. The standard InChI is InChI=1S/C25H24N4O2/c30-23-12-18-14-28(25(31)19-7-3-5-16-6-4-10-26-24(16)19)13-17(18)11-22(23)29-15-27-20-8-1-2-9-21(20)29/h1-10,15,17-18,22-23,30H,11-14H2/t17-,18+,22-,23-/m1/s1. The van der Waals surface area contributed by atoms with Gasteiger partial charge in [-0.25, -0.2) is 4.98 Å². The molecule has 31 heavy (non-hydrogen) atoms. The van der Waals surface area contributed by atoms with Crippen molar-refractivity contribution in [2.45, 2.75) is 25.0 Å². The van der Waals surface area contributed by atoms with Crippen LogP contribution in [0.4, 0.5) is 0 Å². The number of nitrogens with zero attached hydrogens (tertiary/aromatic N) is 4. The van der Waals surface area contributed by atoms with Gasteiger partial charge in [-0.1, -0.05) is 30.3 Å². The van der Waals surface area contributed by atoms with E-state index in [1.54, 1.807) is 6.20 Å². The van der Waals surface area contributed by atoms with Gasteiger partial charge >= 0.3 is 0 Å². The second-order valence-electron chi connectivity index (χ2n) is 8.86. The van der Waals surface area contributed by atoms with Crippen molar-refractivity contribution in [2.24, 2.45) is 11.8 Å². The summed E-state index contributed by atoms with van der Waals surface area (Å²) in [6.45, 7) is 1.42. The van der Waals surface area contributed by atoms with Crippen molar-refractivity contribution < 1.29 is 9.90 Å². The largest absolute Gasteiger partial charge is 0.391 e. The number of aliphatic hydroxyl groups excluding tert-OH is 1. The smallest absolute Gasteiger partial charge is 0.256 e. The number of aliphatic hydroxyl groups is 1. The molecule has 1 aliphatic carbocycles. The van der Waals surface area contributed by atoms with Gasteiger partial charge in [-0.2, -0.15) is 0 Å². The number of para-hydroxylation sites is 3. The zero-order valence-electron chi connectivity index (χ0n) is 17.1. The quantitative estimate of drug-likeness (QED) is 0.545. The summed E-state index contributed by atoms with van der Waals surface area (Å²) in [5.74, 6) is 0.743. The van der Waals surface area contributed by atoms with Gasteiger partial charge in [-0.3, -0.25) is 9.78 Å². The van der Waals surface area contributed by atoms with Crippen LogP contribution in [0.3, 0.4) is 0 Å². The molecule has 4 atom stereocenters. The van der Waals surface area contributed by atoms with E-state index in [2.05, 4.69) is 20.6 Å². The van der Waals surface area contributed by atoms with Crippen molar-refractivity contribution in [3.8, 4) is 0 Å². The Kier molecular flexibility index (Phi) is 4.28. The summed E-state index contributed by atoms with van der Waals surface area (Å²) in [5, 5.41) is 11.9. The molecule has 6 nitrogen and oxygen atoms in total. The van der Waals surface area contributed by atoms with E-state index in [0.29, 0.717) is 30.4 Å². The third-order valence-corrected chi connectivity index (χ3v) is 7.10. The highest BCUT2D eigenvalue weighted by atomic mass is 16.3. The molecule has 0 spiro atoms. The van der Waals surface area contributed by atoms with Crippen LogP contribution in [0.25, 0.3) is 21.9 Å². The number of carbonyl (C=O) groups is 1. The summed E-state index contributed by atoms with van der Waals surface area (Å²) < 4.78 is 2.12. The van der Waals surface area contributed by atoms with E-state index in [4.69, 9.17) is 0 Å². The monoisotopic (exact) mass is 412 g/mol. The van der Waals surface area contributed by atoms with Gasteiger partial charge in [-0.15, -0.1) is 0 Å². The molecule has 0 unspecified atom stereocenters. The second kappa shape index (κ2) is 7.17. The molecule has 2 fully saturated rings. The SMILES string of the molecule is O=C(c1cccc2cccnc12)N1C[C@H]2C[C@@H](n3cnc4ccccc43)[C@H](O)C[C@H]2C1. The van der Waals surface area contributed by atoms with Gasteiger partial charge in [0.1, 0.15) is 0 Å².